The van der Waals surface area contributed by atoms with Crippen molar-refractivity contribution in [1.82, 2.24) is 15.6 Å². The predicted octanol–water partition coefficient (Wildman–Crippen LogP) is 3.41. The second kappa shape index (κ2) is 10.7. The molecule has 2 N–H and O–H groups in total. The minimum Gasteiger partial charge on any atom is -0.495 e. The third-order valence-electron chi connectivity index (χ3n) is 4.52. The van der Waals surface area contributed by atoms with Gasteiger partial charge in [-0.25, -0.2) is 9.98 Å². The molecule has 1 unspecified atom stereocenters. The zero-order valence-corrected chi connectivity index (χ0v) is 19.2. The van der Waals surface area contributed by atoms with Gasteiger partial charge < -0.3 is 20.3 Å². The fraction of sp³-hybridized carbons (Fsp3) is 0.474. The Balaban J connectivity index is 0.00000261. The van der Waals surface area contributed by atoms with Crippen LogP contribution in [-0.4, -0.2) is 43.7 Å². The normalized spacial score (nSPS) is 16.8. The molecule has 1 atom stereocenters. The van der Waals surface area contributed by atoms with Crippen LogP contribution in [0.3, 0.4) is 0 Å². The van der Waals surface area contributed by atoms with Crippen molar-refractivity contribution in [3.8, 4) is 5.75 Å². The molecule has 1 aromatic carbocycles. The summed E-state index contributed by atoms with van der Waals surface area (Å²) in [4.78, 5) is 12.6. The van der Waals surface area contributed by atoms with E-state index in [1.54, 1.807) is 18.4 Å². The molecule has 0 bridgehead atoms. The average Bonchev–Trinajstić information content (AvgIpc) is 3.29. The quantitative estimate of drug-likeness (QED) is 0.361. The molecule has 1 aromatic heterocycles. The van der Waals surface area contributed by atoms with Crippen LogP contribution in [0.1, 0.15) is 23.9 Å². The van der Waals surface area contributed by atoms with Gasteiger partial charge in [-0.3, -0.25) is 0 Å². The summed E-state index contributed by atoms with van der Waals surface area (Å²) in [7, 11) is 1.72. The van der Waals surface area contributed by atoms with Gasteiger partial charge in [0, 0.05) is 30.6 Å². The van der Waals surface area contributed by atoms with E-state index in [2.05, 4.69) is 39.6 Å². The van der Waals surface area contributed by atoms with Gasteiger partial charge in [-0.2, -0.15) is 0 Å². The molecular weight excluding hydrogens is 473 g/mol. The van der Waals surface area contributed by atoms with Crippen LogP contribution in [0.2, 0.25) is 0 Å². The van der Waals surface area contributed by atoms with Crippen LogP contribution in [0.25, 0.3) is 0 Å². The van der Waals surface area contributed by atoms with E-state index in [9.17, 15) is 0 Å². The molecule has 8 heteroatoms. The van der Waals surface area contributed by atoms with E-state index in [4.69, 9.17) is 9.73 Å². The number of nitrogens with zero attached hydrogens (tertiary/aromatic N) is 3. The first kappa shape index (κ1) is 21.7. The molecule has 0 amide bonds. The number of aryl methyl sites for hydroxylation is 1. The number of rotatable bonds is 6. The van der Waals surface area contributed by atoms with E-state index in [0.717, 1.165) is 49.1 Å². The second-order valence-electron chi connectivity index (χ2n) is 6.30. The number of para-hydroxylation sites is 2. The molecule has 1 aliphatic heterocycles. The van der Waals surface area contributed by atoms with Gasteiger partial charge >= 0.3 is 0 Å². The highest BCUT2D eigenvalue weighted by Gasteiger charge is 2.25. The number of ether oxygens (including phenoxy) is 1. The average molecular weight is 501 g/mol. The van der Waals surface area contributed by atoms with Gasteiger partial charge in [-0.1, -0.05) is 12.1 Å². The molecule has 1 fully saturated rings. The highest BCUT2D eigenvalue weighted by molar-refractivity contribution is 14.0. The fourth-order valence-corrected chi connectivity index (χ4v) is 3.83. The molecule has 148 valence electrons. The molecule has 27 heavy (non-hydrogen) atoms. The minimum absolute atomic E-state index is 0. The SMILES string of the molecule is CCNC(=NCc1scnc1C)NC1CCN(c2ccccc2OC)C1.I. The predicted molar refractivity (Wildman–Crippen MR) is 124 cm³/mol. The summed E-state index contributed by atoms with van der Waals surface area (Å²) >= 11 is 1.66. The van der Waals surface area contributed by atoms with E-state index in [1.165, 1.54) is 4.88 Å². The Hall–Kier alpha value is -1.55. The van der Waals surface area contributed by atoms with Crippen LogP contribution >= 0.6 is 35.3 Å². The lowest BCUT2D eigenvalue weighted by atomic mass is 10.2. The summed E-state index contributed by atoms with van der Waals surface area (Å²) in [6, 6.07) is 8.55. The van der Waals surface area contributed by atoms with E-state index < -0.39 is 0 Å². The van der Waals surface area contributed by atoms with Gasteiger partial charge in [0.15, 0.2) is 5.96 Å². The van der Waals surface area contributed by atoms with Crippen molar-refractivity contribution >= 4 is 47.0 Å². The van der Waals surface area contributed by atoms with Crippen molar-refractivity contribution in [2.24, 2.45) is 4.99 Å². The Bertz CT molecular complexity index is 751. The minimum atomic E-state index is 0. The van der Waals surface area contributed by atoms with Gasteiger partial charge in [0.25, 0.3) is 0 Å². The number of hydrogen-bond acceptors (Lipinski definition) is 5. The lowest BCUT2D eigenvalue weighted by Crippen LogP contribution is -2.44. The number of aliphatic imine (C=N–C) groups is 1. The van der Waals surface area contributed by atoms with Crippen molar-refractivity contribution in [2.75, 3.05) is 31.6 Å². The van der Waals surface area contributed by atoms with Gasteiger partial charge in [-0.15, -0.1) is 35.3 Å². The number of aromatic nitrogens is 1. The van der Waals surface area contributed by atoms with Crippen LogP contribution in [0, 0.1) is 6.92 Å². The number of halogens is 1. The standard InChI is InChI=1S/C19H27N5OS.HI/c1-4-20-19(21-11-18-14(2)22-13-26-18)23-15-9-10-24(12-15)16-7-5-6-8-17(16)25-3;/h5-8,13,15H,4,9-12H2,1-3H3,(H2,20,21,23);1H. The van der Waals surface area contributed by atoms with Crippen LogP contribution in [0.15, 0.2) is 34.8 Å². The van der Waals surface area contributed by atoms with Crippen LogP contribution < -0.4 is 20.3 Å². The fourth-order valence-electron chi connectivity index (χ4n) is 3.13. The number of guanidine groups is 1. The Morgan fingerprint density at radius 3 is 2.93 bits per heavy atom. The lowest BCUT2D eigenvalue weighted by molar-refractivity contribution is 0.415. The number of anilines is 1. The molecule has 6 nitrogen and oxygen atoms in total. The zero-order chi connectivity index (χ0) is 18.4. The van der Waals surface area contributed by atoms with Crippen LogP contribution in [0.5, 0.6) is 5.75 Å². The molecule has 0 saturated carbocycles. The van der Waals surface area contributed by atoms with Crippen LogP contribution in [-0.2, 0) is 6.54 Å². The highest BCUT2D eigenvalue weighted by atomic mass is 127. The van der Waals surface area contributed by atoms with Gasteiger partial charge in [0.05, 0.1) is 30.5 Å². The van der Waals surface area contributed by atoms with Crippen molar-refractivity contribution in [3.05, 3.63) is 40.3 Å². The largest absolute Gasteiger partial charge is 0.495 e. The zero-order valence-electron chi connectivity index (χ0n) is 16.1. The Labute approximate surface area is 182 Å². The first-order valence-corrected chi connectivity index (χ1v) is 9.91. The van der Waals surface area contributed by atoms with Crippen molar-refractivity contribution in [1.29, 1.82) is 0 Å². The number of thiazole rings is 1. The number of nitrogens with one attached hydrogen (secondary N) is 2. The summed E-state index contributed by atoms with van der Waals surface area (Å²) < 4.78 is 5.50. The summed E-state index contributed by atoms with van der Waals surface area (Å²) in [6.45, 7) is 7.57. The van der Waals surface area contributed by atoms with Crippen molar-refractivity contribution in [3.63, 3.8) is 0 Å². The number of hydrogen-bond donors (Lipinski definition) is 2. The maximum Gasteiger partial charge on any atom is 0.191 e. The third-order valence-corrected chi connectivity index (χ3v) is 5.44. The van der Waals surface area contributed by atoms with Gasteiger partial charge in [-0.05, 0) is 32.4 Å². The molecule has 0 radical (unpaired) electrons. The molecular formula is C19H28IN5OS. The van der Waals surface area contributed by atoms with Crippen molar-refractivity contribution < 1.29 is 4.74 Å². The summed E-state index contributed by atoms with van der Waals surface area (Å²) in [5.74, 6) is 1.79. The van der Waals surface area contributed by atoms with E-state index >= 15 is 0 Å². The Morgan fingerprint density at radius 2 is 2.22 bits per heavy atom. The van der Waals surface area contributed by atoms with E-state index in [0.29, 0.717) is 12.6 Å². The molecule has 3 rings (SSSR count). The monoisotopic (exact) mass is 501 g/mol. The smallest absolute Gasteiger partial charge is 0.191 e. The lowest BCUT2D eigenvalue weighted by Gasteiger charge is -2.22. The van der Waals surface area contributed by atoms with Crippen molar-refractivity contribution in [2.45, 2.75) is 32.9 Å². The Kier molecular flexibility index (Phi) is 8.62. The second-order valence-corrected chi connectivity index (χ2v) is 7.24. The molecule has 1 saturated heterocycles. The summed E-state index contributed by atoms with van der Waals surface area (Å²) in [5, 5.41) is 6.93. The maximum atomic E-state index is 5.50. The molecule has 0 spiro atoms. The van der Waals surface area contributed by atoms with Crippen LogP contribution in [0.4, 0.5) is 5.69 Å². The number of methoxy groups -OCH3 is 1. The maximum absolute atomic E-state index is 5.50. The Morgan fingerprint density at radius 1 is 1.41 bits per heavy atom. The topological polar surface area (TPSA) is 61.8 Å². The van der Waals surface area contributed by atoms with E-state index in [1.807, 2.05) is 24.6 Å². The number of benzene rings is 1. The molecule has 1 aliphatic rings. The first-order chi connectivity index (χ1) is 12.7. The highest BCUT2D eigenvalue weighted by Crippen LogP contribution is 2.30. The molecule has 0 aliphatic carbocycles. The van der Waals surface area contributed by atoms with Gasteiger partial charge in [0.1, 0.15) is 5.75 Å². The molecule has 2 aromatic rings. The summed E-state index contributed by atoms with van der Waals surface area (Å²) in [6.07, 6.45) is 1.07. The first-order valence-electron chi connectivity index (χ1n) is 9.03. The van der Waals surface area contributed by atoms with Gasteiger partial charge in [0.2, 0.25) is 0 Å². The third kappa shape index (κ3) is 5.71. The van der Waals surface area contributed by atoms with E-state index in [-0.39, 0.29) is 24.0 Å². The molecule has 2 heterocycles. The summed E-state index contributed by atoms with van der Waals surface area (Å²) in [5.41, 5.74) is 4.10.